The van der Waals surface area contributed by atoms with E-state index in [1.165, 1.54) is 6.07 Å². The van der Waals surface area contributed by atoms with E-state index in [2.05, 4.69) is 16.3 Å². The molecular weight excluding hydrogens is 403 g/mol. The molecule has 2 unspecified atom stereocenters. The molecule has 4 bridgehead atoms. The van der Waals surface area contributed by atoms with Crippen molar-refractivity contribution in [2.75, 3.05) is 12.4 Å². The van der Waals surface area contributed by atoms with E-state index < -0.39 is 5.41 Å². The van der Waals surface area contributed by atoms with Crippen molar-refractivity contribution in [3.63, 3.8) is 0 Å². The average Bonchev–Trinajstić information content (AvgIpc) is 3.57. The molecule has 5 nitrogen and oxygen atoms in total. The summed E-state index contributed by atoms with van der Waals surface area (Å²) in [6.07, 6.45) is 6.70. The molecule has 5 aliphatic rings. The van der Waals surface area contributed by atoms with Gasteiger partial charge in [0.25, 0.3) is 0 Å². The number of halogens is 1. The Hall–Kier alpha value is -2.42. The van der Waals surface area contributed by atoms with Crippen LogP contribution in [-0.4, -0.2) is 35.7 Å². The second-order valence-electron chi connectivity index (χ2n) is 11.3. The van der Waals surface area contributed by atoms with Gasteiger partial charge in [-0.2, -0.15) is 5.26 Å². The minimum absolute atomic E-state index is 0.0806. The van der Waals surface area contributed by atoms with Crippen LogP contribution in [0.1, 0.15) is 82.3 Å². The molecule has 3 aliphatic carbocycles. The summed E-state index contributed by atoms with van der Waals surface area (Å²) in [4.78, 5) is 15.6. The molecule has 0 spiro atoms. The van der Waals surface area contributed by atoms with Crippen LogP contribution < -0.4 is 5.32 Å². The van der Waals surface area contributed by atoms with E-state index in [-0.39, 0.29) is 41.6 Å². The summed E-state index contributed by atoms with van der Waals surface area (Å²) in [5, 5.41) is 22.0. The lowest BCUT2D eigenvalue weighted by Crippen LogP contribution is -2.63. The summed E-state index contributed by atoms with van der Waals surface area (Å²) < 4.78 is 14.8. The Bertz CT molecular complexity index is 1010. The SMILES string of the molecule is CNc1ccc(F)c(C2CC2)c1C(=N)C(C)(C)CC(=O)N1C2CC3CC1CC(C#N)(C3)C2. The third-order valence-electron chi connectivity index (χ3n) is 8.42. The van der Waals surface area contributed by atoms with Crippen LogP contribution in [0, 0.1) is 39.3 Å². The van der Waals surface area contributed by atoms with E-state index in [1.807, 2.05) is 13.8 Å². The normalized spacial score (nSPS) is 30.8. The van der Waals surface area contributed by atoms with Gasteiger partial charge in [0.15, 0.2) is 0 Å². The molecule has 2 atom stereocenters. The van der Waals surface area contributed by atoms with Gasteiger partial charge in [-0.3, -0.25) is 4.79 Å². The van der Waals surface area contributed by atoms with Gasteiger partial charge in [-0.15, -0.1) is 0 Å². The Morgan fingerprint density at radius 1 is 1.28 bits per heavy atom. The fourth-order valence-corrected chi connectivity index (χ4v) is 6.91. The molecule has 2 heterocycles. The van der Waals surface area contributed by atoms with Crippen LogP contribution in [0.15, 0.2) is 12.1 Å². The highest BCUT2D eigenvalue weighted by Gasteiger charge is 2.56. The van der Waals surface area contributed by atoms with Gasteiger partial charge in [-0.05, 0) is 68.9 Å². The molecule has 170 valence electrons. The summed E-state index contributed by atoms with van der Waals surface area (Å²) in [7, 11) is 1.80. The smallest absolute Gasteiger partial charge is 0.224 e. The summed E-state index contributed by atoms with van der Waals surface area (Å²) in [5.74, 6) is 0.562. The Kier molecular flexibility index (Phi) is 4.89. The number of carbonyl (C=O) groups excluding carboxylic acids is 1. The van der Waals surface area contributed by atoms with Crippen molar-refractivity contribution in [3.8, 4) is 6.07 Å². The van der Waals surface area contributed by atoms with Crippen molar-refractivity contribution in [1.82, 2.24) is 4.90 Å². The molecule has 2 aliphatic heterocycles. The molecule has 0 aromatic heterocycles. The minimum Gasteiger partial charge on any atom is -0.388 e. The number of hydrogen-bond acceptors (Lipinski definition) is 4. The molecule has 1 aromatic rings. The first-order chi connectivity index (χ1) is 15.2. The van der Waals surface area contributed by atoms with Gasteiger partial charge >= 0.3 is 0 Å². The quantitative estimate of drug-likeness (QED) is 0.601. The van der Waals surface area contributed by atoms with Gasteiger partial charge < -0.3 is 15.6 Å². The summed E-state index contributed by atoms with van der Waals surface area (Å²) in [5.41, 5.74) is 1.39. The highest BCUT2D eigenvalue weighted by Crippen LogP contribution is 2.56. The van der Waals surface area contributed by atoms with Gasteiger partial charge in [0.1, 0.15) is 5.82 Å². The first-order valence-corrected chi connectivity index (χ1v) is 12.0. The van der Waals surface area contributed by atoms with E-state index in [9.17, 15) is 14.4 Å². The summed E-state index contributed by atoms with van der Waals surface area (Å²) in [6, 6.07) is 6.08. The number of nitrogens with zero attached hydrogens (tertiary/aromatic N) is 2. The molecule has 5 fully saturated rings. The predicted molar refractivity (Wildman–Crippen MR) is 122 cm³/mol. The zero-order valence-electron chi connectivity index (χ0n) is 19.3. The largest absolute Gasteiger partial charge is 0.388 e. The van der Waals surface area contributed by atoms with Crippen LogP contribution in [-0.2, 0) is 4.79 Å². The van der Waals surface area contributed by atoms with Crippen molar-refractivity contribution in [1.29, 1.82) is 10.7 Å². The standard InChI is InChI=1S/C26H33FN4O/c1-25(2,24(29)23-20(30-3)7-6-19(27)22(23)16-4-5-16)13-21(32)31-17-8-15-9-18(31)12-26(10-15,11-17)14-28/h6-7,15-18,29-30H,4-5,8-13H2,1-3H3. The predicted octanol–water partition coefficient (Wildman–Crippen LogP) is 5.21. The molecule has 6 rings (SSSR count). The maximum absolute atomic E-state index is 14.8. The Balaban J connectivity index is 1.40. The van der Waals surface area contributed by atoms with Crippen LogP contribution in [0.25, 0.3) is 0 Å². The van der Waals surface area contributed by atoms with Gasteiger partial charge in [0.05, 0.1) is 11.5 Å². The lowest BCUT2D eigenvalue weighted by atomic mass is 9.56. The number of nitrogens with one attached hydrogen (secondary N) is 2. The number of anilines is 1. The number of amides is 1. The van der Waals surface area contributed by atoms with E-state index in [1.54, 1.807) is 13.1 Å². The highest BCUT2D eigenvalue weighted by molar-refractivity contribution is 6.09. The van der Waals surface area contributed by atoms with Crippen LogP contribution in [0.2, 0.25) is 0 Å². The van der Waals surface area contributed by atoms with Gasteiger partial charge in [-0.1, -0.05) is 13.8 Å². The molecule has 1 aromatic carbocycles. The zero-order chi connectivity index (χ0) is 22.8. The van der Waals surface area contributed by atoms with E-state index in [4.69, 9.17) is 5.41 Å². The van der Waals surface area contributed by atoms with Crippen molar-refractivity contribution in [2.24, 2.45) is 16.7 Å². The Labute approximate surface area is 189 Å². The Morgan fingerprint density at radius 2 is 1.94 bits per heavy atom. The van der Waals surface area contributed by atoms with Gasteiger partial charge in [0.2, 0.25) is 5.91 Å². The molecule has 2 N–H and O–H groups in total. The van der Waals surface area contributed by atoms with E-state index in [0.717, 1.165) is 50.6 Å². The van der Waals surface area contributed by atoms with E-state index >= 15 is 0 Å². The lowest BCUT2D eigenvalue weighted by Gasteiger charge is -2.59. The first kappa shape index (κ1) is 21.4. The molecule has 3 saturated carbocycles. The van der Waals surface area contributed by atoms with Crippen LogP contribution in [0.4, 0.5) is 10.1 Å². The zero-order valence-corrected chi connectivity index (χ0v) is 19.3. The number of hydrogen-bond donors (Lipinski definition) is 2. The Morgan fingerprint density at radius 3 is 2.50 bits per heavy atom. The first-order valence-electron chi connectivity index (χ1n) is 12.0. The average molecular weight is 437 g/mol. The monoisotopic (exact) mass is 436 g/mol. The van der Waals surface area contributed by atoms with Crippen LogP contribution in [0.5, 0.6) is 0 Å². The summed E-state index contributed by atoms with van der Waals surface area (Å²) >= 11 is 0. The fourth-order valence-electron chi connectivity index (χ4n) is 6.91. The number of benzene rings is 1. The maximum atomic E-state index is 14.8. The summed E-state index contributed by atoms with van der Waals surface area (Å²) in [6.45, 7) is 3.87. The topological polar surface area (TPSA) is 80.0 Å². The van der Waals surface area contributed by atoms with Crippen molar-refractivity contribution in [3.05, 3.63) is 29.1 Å². The molecule has 0 radical (unpaired) electrons. The number of rotatable bonds is 6. The van der Waals surface area contributed by atoms with Crippen LogP contribution >= 0.6 is 0 Å². The van der Waals surface area contributed by atoms with Gasteiger partial charge in [-0.25, -0.2) is 4.39 Å². The molecular formula is C26H33FN4O. The van der Waals surface area contributed by atoms with Crippen molar-refractivity contribution in [2.45, 2.75) is 83.2 Å². The highest BCUT2D eigenvalue weighted by atomic mass is 19.1. The third kappa shape index (κ3) is 3.32. The third-order valence-corrected chi connectivity index (χ3v) is 8.42. The van der Waals surface area contributed by atoms with Gasteiger partial charge in [0, 0.05) is 53.5 Å². The lowest BCUT2D eigenvalue weighted by molar-refractivity contribution is -0.154. The van der Waals surface area contributed by atoms with Crippen LogP contribution in [0.3, 0.4) is 0 Å². The minimum atomic E-state index is -0.721. The van der Waals surface area contributed by atoms with E-state index in [0.29, 0.717) is 22.8 Å². The number of piperidine rings is 2. The van der Waals surface area contributed by atoms with Crippen molar-refractivity contribution >= 4 is 17.3 Å². The molecule has 6 heteroatoms. The fraction of sp³-hybridized carbons (Fsp3) is 0.654. The number of carbonyl (C=O) groups is 1. The molecule has 1 amide bonds. The second kappa shape index (κ2) is 7.30. The second-order valence-corrected chi connectivity index (χ2v) is 11.3. The van der Waals surface area contributed by atoms with Crippen molar-refractivity contribution < 1.29 is 9.18 Å². The molecule has 32 heavy (non-hydrogen) atoms. The number of nitriles is 1. The molecule has 2 saturated heterocycles. The maximum Gasteiger partial charge on any atom is 0.224 e.